The van der Waals surface area contributed by atoms with Crippen LogP contribution in [0.3, 0.4) is 0 Å². The van der Waals surface area contributed by atoms with Crippen LogP contribution in [0.4, 0.5) is 0 Å². The molecule has 0 saturated carbocycles. The smallest absolute Gasteiger partial charge is 0.504 e. The second-order valence-corrected chi connectivity index (χ2v) is 7.21. The summed E-state index contributed by atoms with van der Waals surface area (Å²) >= 11 is 0. The predicted molar refractivity (Wildman–Crippen MR) is 137 cm³/mol. The Morgan fingerprint density at radius 2 is 1.29 bits per heavy atom. The van der Waals surface area contributed by atoms with E-state index in [1.54, 1.807) is 35.5 Å². The summed E-state index contributed by atoms with van der Waals surface area (Å²) in [6.45, 7) is 0. The molecule has 0 saturated heterocycles. The molecule has 0 aromatic heterocycles. The minimum atomic E-state index is 0. The molecule has 0 amide bonds. The van der Waals surface area contributed by atoms with E-state index in [0.29, 0.717) is 17.2 Å². The Hall–Kier alpha value is -3.60. The zero-order valence-electron chi connectivity index (χ0n) is 20.6. The van der Waals surface area contributed by atoms with Gasteiger partial charge in [-0.15, -0.1) is 23.8 Å². The molecule has 0 spiro atoms. The van der Waals surface area contributed by atoms with Gasteiger partial charge in [0.2, 0.25) is 0 Å². The third-order valence-electron chi connectivity index (χ3n) is 5.26. The molecular weight excluding hydrogens is 484 g/mol. The van der Waals surface area contributed by atoms with Gasteiger partial charge < -0.3 is 23.7 Å². The molecule has 0 aliphatic rings. The van der Waals surface area contributed by atoms with Crippen molar-refractivity contribution in [3.05, 3.63) is 102 Å². The third-order valence-corrected chi connectivity index (χ3v) is 5.26. The van der Waals surface area contributed by atoms with Gasteiger partial charge in [0, 0.05) is 12.1 Å². The van der Waals surface area contributed by atoms with Gasteiger partial charge in [0.1, 0.15) is 11.5 Å². The topological polar surface area (TPSA) is 46.2 Å². The number of rotatable bonds is 8. The monoisotopic (exact) mass is 514 g/mol. The molecule has 4 aromatic carbocycles. The normalized spacial score (nSPS) is 10.4. The first-order valence-electron chi connectivity index (χ1n) is 10.8. The molecule has 0 bridgehead atoms. The molecule has 0 heterocycles. The number of hydrogen-bond acceptors (Lipinski definition) is 5. The molecule has 35 heavy (non-hydrogen) atoms. The summed E-state index contributed by atoms with van der Waals surface area (Å²) in [5, 5.41) is 0. The standard InChI is InChI=1S/C24H25O5.C5H5.Fe/c1-25-18-10-11-19(22(14-18)27-3)20(16-8-6-7-9-16)12-17-13-23(28-4)24(29-5)15-21(17)26-2;1-2-4-5-3-1;/h6-15H,1-5H3;1-5H;/q2*-1;+2/b20-12+;;. The van der Waals surface area contributed by atoms with Crippen LogP contribution >= 0.6 is 0 Å². The van der Waals surface area contributed by atoms with E-state index in [9.17, 15) is 0 Å². The Labute approximate surface area is 218 Å². The van der Waals surface area contributed by atoms with Gasteiger partial charge >= 0.3 is 17.1 Å². The Balaban J connectivity index is 0.000000640. The zero-order valence-corrected chi connectivity index (χ0v) is 21.7. The van der Waals surface area contributed by atoms with Crippen LogP contribution < -0.4 is 23.7 Å². The summed E-state index contributed by atoms with van der Waals surface area (Å²) in [6, 6.07) is 27.6. The molecule has 0 N–H and O–H groups in total. The van der Waals surface area contributed by atoms with E-state index in [2.05, 4.69) is 18.2 Å². The van der Waals surface area contributed by atoms with Crippen molar-refractivity contribution < 1.29 is 40.8 Å². The number of methoxy groups -OCH3 is 5. The van der Waals surface area contributed by atoms with Crippen molar-refractivity contribution in [2.24, 2.45) is 0 Å². The summed E-state index contributed by atoms with van der Waals surface area (Å²) in [7, 11) is 8.14. The van der Waals surface area contributed by atoms with Gasteiger partial charge in [0.15, 0.2) is 11.5 Å². The van der Waals surface area contributed by atoms with Gasteiger partial charge in [-0.25, -0.2) is 12.1 Å². The largest absolute Gasteiger partial charge is 2.00 e. The first-order chi connectivity index (χ1) is 16.6. The summed E-state index contributed by atoms with van der Waals surface area (Å²) in [6.07, 6.45) is 2.06. The van der Waals surface area contributed by atoms with Crippen molar-refractivity contribution >= 4 is 11.6 Å². The van der Waals surface area contributed by atoms with Crippen molar-refractivity contribution in [2.75, 3.05) is 35.5 Å². The third kappa shape index (κ3) is 6.95. The Kier molecular flexibility index (Phi) is 11.0. The van der Waals surface area contributed by atoms with Crippen LogP contribution in [-0.2, 0) is 17.1 Å². The second kappa shape index (κ2) is 14.0. The van der Waals surface area contributed by atoms with Crippen LogP contribution in [0.25, 0.3) is 11.6 Å². The van der Waals surface area contributed by atoms with Crippen LogP contribution in [0.1, 0.15) is 16.7 Å². The fourth-order valence-corrected chi connectivity index (χ4v) is 3.53. The quantitative estimate of drug-likeness (QED) is 0.154. The fraction of sp³-hybridized carbons (Fsp3) is 0.172. The number of benzene rings is 2. The predicted octanol–water partition coefficient (Wildman–Crippen LogP) is 6.44. The van der Waals surface area contributed by atoms with Gasteiger partial charge in [-0.05, 0) is 23.3 Å². The van der Waals surface area contributed by atoms with E-state index in [-0.39, 0.29) is 17.1 Å². The molecule has 0 aliphatic carbocycles. The molecule has 4 aromatic rings. The van der Waals surface area contributed by atoms with Crippen LogP contribution in [0.2, 0.25) is 0 Å². The van der Waals surface area contributed by atoms with Gasteiger partial charge in [-0.1, -0.05) is 11.6 Å². The van der Waals surface area contributed by atoms with Gasteiger partial charge in [-0.2, -0.15) is 30.3 Å². The van der Waals surface area contributed by atoms with Gasteiger partial charge in [0.05, 0.1) is 41.3 Å². The molecule has 4 rings (SSSR count). The van der Waals surface area contributed by atoms with E-state index >= 15 is 0 Å². The Morgan fingerprint density at radius 3 is 1.80 bits per heavy atom. The first kappa shape index (κ1) is 27.6. The molecule has 0 atom stereocenters. The van der Waals surface area contributed by atoms with Crippen molar-refractivity contribution in [1.29, 1.82) is 0 Å². The second-order valence-electron chi connectivity index (χ2n) is 7.21. The number of ether oxygens (including phenoxy) is 5. The molecule has 6 heteroatoms. The average Bonchev–Trinajstić information content (AvgIpc) is 3.64. The van der Waals surface area contributed by atoms with E-state index in [4.69, 9.17) is 23.7 Å². The SMILES string of the molecule is COc1ccc(/C(=C/c2cc(OC)c(OC)cc2OC)[c-]2cccc2)c(OC)c1.[Fe+2].c1cc[cH-]c1. The van der Waals surface area contributed by atoms with Crippen LogP contribution in [0.15, 0.2) is 84.9 Å². The van der Waals surface area contributed by atoms with Crippen LogP contribution in [0.5, 0.6) is 28.7 Å². The molecule has 0 aliphatic heterocycles. The maximum Gasteiger partial charge on any atom is 2.00 e. The van der Waals surface area contributed by atoms with E-state index in [1.165, 1.54) is 0 Å². The van der Waals surface area contributed by atoms with Crippen molar-refractivity contribution in [3.63, 3.8) is 0 Å². The minimum absolute atomic E-state index is 0. The molecule has 0 radical (unpaired) electrons. The first-order valence-corrected chi connectivity index (χ1v) is 10.8. The average molecular weight is 514 g/mol. The van der Waals surface area contributed by atoms with Gasteiger partial charge in [-0.3, -0.25) is 0 Å². The fourth-order valence-electron chi connectivity index (χ4n) is 3.53. The van der Waals surface area contributed by atoms with E-state index in [0.717, 1.165) is 33.8 Å². The van der Waals surface area contributed by atoms with Gasteiger partial charge in [0.25, 0.3) is 0 Å². The maximum absolute atomic E-state index is 5.65. The van der Waals surface area contributed by atoms with E-state index < -0.39 is 0 Å². The summed E-state index contributed by atoms with van der Waals surface area (Å²) in [5.41, 5.74) is 3.85. The Bertz CT molecular complexity index is 1160. The zero-order chi connectivity index (χ0) is 24.3. The van der Waals surface area contributed by atoms with Crippen LogP contribution in [0, 0.1) is 0 Å². The summed E-state index contributed by atoms with van der Waals surface area (Å²) in [4.78, 5) is 0. The maximum atomic E-state index is 5.65. The van der Waals surface area contributed by atoms with E-state index in [1.807, 2.05) is 72.8 Å². The molecule has 184 valence electrons. The van der Waals surface area contributed by atoms with Crippen molar-refractivity contribution in [1.82, 2.24) is 0 Å². The molecule has 5 nitrogen and oxygen atoms in total. The summed E-state index contributed by atoms with van der Waals surface area (Å²) in [5.74, 6) is 3.37. The Morgan fingerprint density at radius 1 is 0.686 bits per heavy atom. The van der Waals surface area contributed by atoms with Crippen molar-refractivity contribution in [2.45, 2.75) is 0 Å². The van der Waals surface area contributed by atoms with Crippen LogP contribution in [-0.4, -0.2) is 35.5 Å². The van der Waals surface area contributed by atoms with Crippen molar-refractivity contribution in [3.8, 4) is 28.7 Å². The summed E-state index contributed by atoms with van der Waals surface area (Å²) < 4.78 is 27.5. The molecule has 0 fully saturated rings. The molecular formula is C29H30FeO5. The number of hydrogen-bond donors (Lipinski definition) is 0. The minimum Gasteiger partial charge on any atom is -0.504 e. The molecule has 0 unspecified atom stereocenters.